The number of hydrogen-bond donors (Lipinski definition) is 2. The monoisotopic (exact) mass is 181 g/mol. The van der Waals surface area contributed by atoms with Crippen molar-refractivity contribution in [3.05, 3.63) is 0 Å². The largest absolute Gasteiger partial charge is 0.329 e. The molecule has 0 aliphatic carbocycles. The minimum atomic E-state index is 0.651. The van der Waals surface area contributed by atoms with Crippen LogP contribution in [-0.2, 0) is 0 Å². The molecule has 1 heterocycles. The highest BCUT2D eigenvalue weighted by molar-refractivity contribution is 4.90. The van der Waals surface area contributed by atoms with Crippen LogP contribution in [0.1, 0.15) is 12.8 Å². The van der Waals surface area contributed by atoms with Gasteiger partial charge in [-0.1, -0.05) is 5.92 Å². The molecule has 1 fully saturated rings. The van der Waals surface area contributed by atoms with E-state index < -0.39 is 0 Å². The molecule has 1 rings (SSSR count). The van der Waals surface area contributed by atoms with Crippen LogP contribution in [0.25, 0.3) is 0 Å². The molecule has 0 aromatic rings. The lowest BCUT2D eigenvalue weighted by molar-refractivity contribution is 0.219. The van der Waals surface area contributed by atoms with Gasteiger partial charge in [-0.15, -0.1) is 6.42 Å². The molecule has 0 aromatic heterocycles. The summed E-state index contributed by atoms with van der Waals surface area (Å²) in [7, 11) is 0. The number of likely N-dealkylation sites (tertiary alicyclic amines) is 1. The van der Waals surface area contributed by atoms with Crippen LogP contribution >= 0.6 is 0 Å². The lowest BCUT2D eigenvalue weighted by Gasteiger charge is -2.31. The van der Waals surface area contributed by atoms with E-state index in [0.717, 1.165) is 32.7 Å². The van der Waals surface area contributed by atoms with Crippen molar-refractivity contribution in [3.63, 3.8) is 0 Å². The zero-order valence-corrected chi connectivity index (χ0v) is 8.13. The molecule has 0 atom stereocenters. The summed E-state index contributed by atoms with van der Waals surface area (Å²) in [5.74, 6) is 2.68. The molecule has 1 aliphatic heterocycles. The quantitative estimate of drug-likeness (QED) is 0.582. The molecule has 13 heavy (non-hydrogen) atoms. The maximum atomic E-state index is 5.42. The third-order valence-electron chi connectivity index (χ3n) is 2.48. The van der Waals surface area contributed by atoms with E-state index in [1.165, 1.54) is 12.8 Å². The molecular formula is C10H19N3. The maximum Gasteiger partial charge on any atom is 0.0598 e. The number of nitrogens with two attached hydrogens (primary N) is 1. The molecule has 0 bridgehead atoms. The smallest absolute Gasteiger partial charge is 0.0598 e. The Morgan fingerprint density at radius 1 is 1.46 bits per heavy atom. The third kappa shape index (κ3) is 3.77. The molecule has 0 aromatic carbocycles. The first-order valence-corrected chi connectivity index (χ1v) is 4.96. The fraction of sp³-hybridized carbons (Fsp3) is 0.800. The van der Waals surface area contributed by atoms with E-state index in [1.807, 2.05) is 0 Å². The van der Waals surface area contributed by atoms with Gasteiger partial charge in [-0.25, -0.2) is 0 Å². The first kappa shape index (κ1) is 10.5. The minimum Gasteiger partial charge on any atom is -0.329 e. The summed E-state index contributed by atoms with van der Waals surface area (Å²) in [5, 5.41) is 3.43. The Bertz CT molecular complexity index is 165. The van der Waals surface area contributed by atoms with E-state index in [1.54, 1.807) is 0 Å². The first-order chi connectivity index (χ1) is 6.36. The SMILES string of the molecule is C#CCN1CCC(NCCN)CC1. The summed E-state index contributed by atoms with van der Waals surface area (Å²) in [6.45, 7) is 4.69. The van der Waals surface area contributed by atoms with Crippen molar-refractivity contribution in [2.45, 2.75) is 18.9 Å². The molecule has 0 radical (unpaired) electrons. The standard InChI is InChI=1S/C10H19N3/c1-2-7-13-8-3-10(4-9-13)12-6-5-11/h1,10,12H,3-9,11H2. The molecule has 0 unspecified atom stereocenters. The Labute approximate surface area is 80.7 Å². The van der Waals surface area contributed by atoms with Gasteiger partial charge in [0.15, 0.2) is 0 Å². The molecule has 0 spiro atoms. The molecule has 0 saturated carbocycles. The van der Waals surface area contributed by atoms with Crippen LogP contribution < -0.4 is 11.1 Å². The van der Waals surface area contributed by atoms with Crippen LogP contribution in [0.5, 0.6) is 0 Å². The van der Waals surface area contributed by atoms with E-state index in [4.69, 9.17) is 12.2 Å². The second-order valence-corrected chi connectivity index (χ2v) is 3.50. The van der Waals surface area contributed by atoms with Gasteiger partial charge in [0.1, 0.15) is 0 Å². The number of piperidine rings is 1. The van der Waals surface area contributed by atoms with Gasteiger partial charge in [0.25, 0.3) is 0 Å². The second-order valence-electron chi connectivity index (χ2n) is 3.50. The van der Waals surface area contributed by atoms with Gasteiger partial charge in [0, 0.05) is 32.2 Å². The topological polar surface area (TPSA) is 41.3 Å². The van der Waals surface area contributed by atoms with Gasteiger partial charge in [-0.05, 0) is 12.8 Å². The van der Waals surface area contributed by atoms with Crippen LogP contribution in [-0.4, -0.2) is 43.7 Å². The second kappa shape index (κ2) is 5.98. The Morgan fingerprint density at radius 2 is 2.15 bits per heavy atom. The Hall–Kier alpha value is -0.560. The summed E-state index contributed by atoms with van der Waals surface area (Å²) >= 11 is 0. The predicted molar refractivity (Wildman–Crippen MR) is 55.4 cm³/mol. The molecule has 1 saturated heterocycles. The number of nitrogens with zero attached hydrogens (tertiary/aromatic N) is 1. The highest BCUT2D eigenvalue weighted by Crippen LogP contribution is 2.08. The highest BCUT2D eigenvalue weighted by Gasteiger charge is 2.16. The van der Waals surface area contributed by atoms with E-state index in [-0.39, 0.29) is 0 Å². The molecule has 3 N–H and O–H groups in total. The molecule has 3 heteroatoms. The lowest BCUT2D eigenvalue weighted by atomic mass is 10.1. The Balaban J connectivity index is 2.12. The third-order valence-corrected chi connectivity index (χ3v) is 2.48. The normalized spacial score (nSPS) is 20.0. The van der Waals surface area contributed by atoms with E-state index in [0.29, 0.717) is 6.04 Å². The molecular weight excluding hydrogens is 162 g/mol. The summed E-state index contributed by atoms with van der Waals surface area (Å²) in [4.78, 5) is 2.32. The van der Waals surface area contributed by atoms with Crippen molar-refractivity contribution in [1.29, 1.82) is 0 Å². The van der Waals surface area contributed by atoms with Crippen molar-refractivity contribution in [1.82, 2.24) is 10.2 Å². The molecule has 0 amide bonds. The highest BCUT2D eigenvalue weighted by atomic mass is 15.1. The van der Waals surface area contributed by atoms with Crippen molar-refractivity contribution in [3.8, 4) is 12.3 Å². The van der Waals surface area contributed by atoms with Crippen molar-refractivity contribution >= 4 is 0 Å². The predicted octanol–water partition coefficient (Wildman–Crippen LogP) is -0.368. The Kier molecular flexibility index (Phi) is 4.84. The first-order valence-electron chi connectivity index (χ1n) is 4.96. The van der Waals surface area contributed by atoms with E-state index >= 15 is 0 Å². The van der Waals surface area contributed by atoms with Crippen LogP contribution in [0.2, 0.25) is 0 Å². The summed E-state index contributed by atoms with van der Waals surface area (Å²) in [5.41, 5.74) is 5.42. The number of nitrogens with one attached hydrogen (secondary N) is 1. The van der Waals surface area contributed by atoms with Crippen molar-refractivity contribution < 1.29 is 0 Å². The molecule has 1 aliphatic rings. The zero-order valence-electron chi connectivity index (χ0n) is 8.13. The van der Waals surface area contributed by atoms with Crippen molar-refractivity contribution in [2.24, 2.45) is 5.73 Å². The fourth-order valence-corrected chi connectivity index (χ4v) is 1.71. The van der Waals surface area contributed by atoms with Gasteiger partial charge in [-0.2, -0.15) is 0 Å². The fourth-order valence-electron chi connectivity index (χ4n) is 1.71. The number of terminal acetylenes is 1. The van der Waals surface area contributed by atoms with Crippen LogP contribution in [0.4, 0.5) is 0 Å². The van der Waals surface area contributed by atoms with Gasteiger partial charge < -0.3 is 11.1 Å². The van der Waals surface area contributed by atoms with Crippen molar-refractivity contribution in [2.75, 3.05) is 32.7 Å². The maximum absolute atomic E-state index is 5.42. The number of rotatable bonds is 4. The summed E-state index contributed by atoms with van der Waals surface area (Å²) < 4.78 is 0. The van der Waals surface area contributed by atoms with E-state index in [9.17, 15) is 0 Å². The number of hydrogen-bond acceptors (Lipinski definition) is 3. The van der Waals surface area contributed by atoms with Crippen LogP contribution in [0, 0.1) is 12.3 Å². The average molecular weight is 181 g/mol. The Morgan fingerprint density at radius 3 is 2.69 bits per heavy atom. The van der Waals surface area contributed by atoms with Gasteiger partial charge in [0.05, 0.1) is 6.54 Å². The minimum absolute atomic E-state index is 0.651. The van der Waals surface area contributed by atoms with Gasteiger partial charge in [0.2, 0.25) is 0 Å². The van der Waals surface area contributed by atoms with Gasteiger partial charge in [-0.3, -0.25) is 4.90 Å². The lowest BCUT2D eigenvalue weighted by Crippen LogP contribution is -2.43. The zero-order chi connectivity index (χ0) is 9.52. The summed E-state index contributed by atoms with van der Waals surface area (Å²) in [6.07, 6.45) is 7.64. The molecule has 3 nitrogen and oxygen atoms in total. The summed E-state index contributed by atoms with van der Waals surface area (Å²) in [6, 6.07) is 0.651. The van der Waals surface area contributed by atoms with Crippen LogP contribution in [0.15, 0.2) is 0 Å². The van der Waals surface area contributed by atoms with Crippen LogP contribution in [0.3, 0.4) is 0 Å². The van der Waals surface area contributed by atoms with E-state index in [2.05, 4.69) is 16.1 Å². The van der Waals surface area contributed by atoms with Gasteiger partial charge >= 0.3 is 0 Å². The average Bonchev–Trinajstić information content (AvgIpc) is 2.17. The molecule has 74 valence electrons.